The van der Waals surface area contributed by atoms with Crippen LogP contribution in [0.1, 0.15) is 15.9 Å². The molecule has 2 rings (SSSR count). The Morgan fingerprint density at radius 3 is 2.59 bits per heavy atom. The van der Waals surface area contributed by atoms with Crippen LogP contribution in [0.25, 0.3) is 0 Å². The summed E-state index contributed by atoms with van der Waals surface area (Å²) in [5, 5.41) is 12.1. The molecule has 6 heteroatoms. The van der Waals surface area contributed by atoms with Crippen LogP contribution in [0.4, 0.5) is 5.69 Å². The molecule has 0 saturated carbocycles. The molecule has 5 nitrogen and oxygen atoms in total. The van der Waals surface area contributed by atoms with Gasteiger partial charge >= 0.3 is 5.97 Å². The lowest BCUT2D eigenvalue weighted by atomic mass is 10.1. The second-order valence-electron chi connectivity index (χ2n) is 4.57. The Morgan fingerprint density at radius 2 is 1.91 bits per heavy atom. The van der Waals surface area contributed by atoms with Gasteiger partial charge in [-0.1, -0.05) is 35.9 Å². The van der Waals surface area contributed by atoms with Crippen LogP contribution in [0.5, 0.6) is 5.75 Å². The van der Waals surface area contributed by atoms with Crippen molar-refractivity contribution in [2.45, 2.75) is 6.92 Å². The number of ether oxygens (including phenoxy) is 1. The second kappa shape index (κ2) is 6.95. The van der Waals surface area contributed by atoms with Crippen LogP contribution in [0.15, 0.2) is 42.5 Å². The number of carbonyl (C=O) groups excluding carboxylic acids is 1. The second-order valence-corrected chi connectivity index (χ2v) is 4.98. The highest BCUT2D eigenvalue weighted by molar-refractivity contribution is 6.32. The standard InChI is InChI=1S/C16H14ClNO4/c1-10-5-4-7-12(15(10)16(20)21)18-14(19)9-22-13-8-3-2-6-11(13)17/h2-8H,9H2,1H3,(H,18,19)(H,20,21). The van der Waals surface area contributed by atoms with E-state index in [1.54, 1.807) is 43.3 Å². The summed E-state index contributed by atoms with van der Waals surface area (Å²) in [6.45, 7) is 1.40. The molecule has 0 fully saturated rings. The Labute approximate surface area is 132 Å². The van der Waals surface area contributed by atoms with Crippen molar-refractivity contribution >= 4 is 29.2 Å². The molecule has 0 bridgehead atoms. The molecule has 22 heavy (non-hydrogen) atoms. The van der Waals surface area contributed by atoms with E-state index in [2.05, 4.69) is 5.32 Å². The number of hydrogen-bond acceptors (Lipinski definition) is 3. The first-order chi connectivity index (χ1) is 10.5. The molecule has 2 N–H and O–H groups in total. The number of para-hydroxylation sites is 1. The van der Waals surface area contributed by atoms with Crippen LogP contribution in [0.2, 0.25) is 5.02 Å². The Bertz CT molecular complexity index is 715. The molecule has 0 aliphatic rings. The first-order valence-electron chi connectivity index (χ1n) is 6.49. The van der Waals surface area contributed by atoms with Crippen molar-refractivity contribution in [2.24, 2.45) is 0 Å². The molecule has 114 valence electrons. The number of carboxylic acids is 1. The SMILES string of the molecule is Cc1cccc(NC(=O)COc2ccccc2Cl)c1C(=O)O. The highest BCUT2D eigenvalue weighted by Gasteiger charge is 2.15. The van der Waals surface area contributed by atoms with Crippen molar-refractivity contribution < 1.29 is 19.4 Å². The van der Waals surface area contributed by atoms with Crippen molar-refractivity contribution in [1.29, 1.82) is 0 Å². The molecule has 0 aliphatic carbocycles. The highest BCUT2D eigenvalue weighted by atomic mass is 35.5. The summed E-state index contributed by atoms with van der Waals surface area (Å²) < 4.78 is 5.31. The zero-order valence-corrected chi connectivity index (χ0v) is 12.6. The lowest BCUT2D eigenvalue weighted by Gasteiger charge is -2.11. The highest BCUT2D eigenvalue weighted by Crippen LogP contribution is 2.23. The van der Waals surface area contributed by atoms with Crippen molar-refractivity contribution in [3.8, 4) is 5.75 Å². The maximum atomic E-state index is 11.9. The summed E-state index contributed by atoms with van der Waals surface area (Å²) >= 11 is 5.92. The van der Waals surface area contributed by atoms with Crippen LogP contribution in [-0.4, -0.2) is 23.6 Å². The number of anilines is 1. The normalized spacial score (nSPS) is 10.1. The number of aromatic carboxylic acids is 1. The number of hydrogen-bond donors (Lipinski definition) is 2. The number of nitrogens with one attached hydrogen (secondary N) is 1. The van der Waals surface area contributed by atoms with E-state index >= 15 is 0 Å². The average molecular weight is 320 g/mol. The Balaban J connectivity index is 2.06. The molecular formula is C16H14ClNO4. The molecule has 0 spiro atoms. The summed E-state index contributed by atoms with van der Waals surface area (Å²) in [6, 6.07) is 11.7. The maximum absolute atomic E-state index is 11.9. The van der Waals surface area contributed by atoms with Gasteiger partial charge in [-0.25, -0.2) is 4.79 Å². The van der Waals surface area contributed by atoms with Gasteiger partial charge in [-0.2, -0.15) is 0 Å². The third-order valence-electron chi connectivity index (χ3n) is 2.96. The first-order valence-corrected chi connectivity index (χ1v) is 6.87. The predicted molar refractivity (Wildman–Crippen MR) is 83.7 cm³/mol. The minimum Gasteiger partial charge on any atom is -0.482 e. The number of carboxylic acid groups (broad SMARTS) is 1. The van der Waals surface area contributed by atoms with Crippen LogP contribution in [0.3, 0.4) is 0 Å². The minimum absolute atomic E-state index is 0.0635. The van der Waals surface area contributed by atoms with Crippen molar-refractivity contribution in [2.75, 3.05) is 11.9 Å². The van der Waals surface area contributed by atoms with E-state index in [-0.39, 0.29) is 17.9 Å². The fraction of sp³-hybridized carbons (Fsp3) is 0.125. The molecule has 0 atom stereocenters. The molecule has 2 aromatic rings. The lowest BCUT2D eigenvalue weighted by molar-refractivity contribution is -0.118. The van der Waals surface area contributed by atoms with Gasteiger partial charge in [-0.15, -0.1) is 0 Å². The number of rotatable bonds is 5. The number of carbonyl (C=O) groups is 2. The molecule has 0 radical (unpaired) electrons. The van der Waals surface area contributed by atoms with Gasteiger partial charge in [-0.3, -0.25) is 4.79 Å². The summed E-state index contributed by atoms with van der Waals surface area (Å²) in [4.78, 5) is 23.2. The van der Waals surface area contributed by atoms with E-state index in [4.69, 9.17) is 16.3 Å². The molecule has 0 unspecified atom stereocenters. The van der Waals surface area contributed by atoms with Gasteiger partial charge in [0.25, 0.3) is 5.91 Å². The zero-order chi connectivity index (χ0) is 16.1. The fourth-order valence-electron chi connectivity index (χ4n) is 1.95. The minimum atomic E-state index is -1.10. The molecule has 0 heterocycles. The van der Waals surface area contributed by atoms with Crippen LogP contribution < -0.4 is 10.1 Å². The lowest BCUT2D eigenvalue weighted by Crippen LogP contribution is -2.22. The predicted octanol–water partition coefficient (Wildman–Crippen LogP) is 3.36. The summed E-state index contributed by atoms with van der Waals surface area (Å²) in [5.74, 6) is -1.17. The summed E-state index contributed by atoms with van der Waals surface area (Å²) in [7, 11) is 0. The number of aryl methyl sites for hydroxylation is 1. The third-order valence-corrected chi connectivity index (χ3v) is 3.27. The van der Waals surface area contributed by atoms with E-state index in [0.717, 1.165) is 0 Å². The van der Waals surface area contributed by atoms with Crippen LogP contribution in [-0.2, 0) is 4.79 Å². The van der Waals surface area contributed by atoms with Crippen molar-refractivity contribution in [1.82, 2.24) is 0 Å². The summed E-state index contributed by atoms with van der Waals surface area (Å²) in [6.07, 6.45) is 0. The van der Waals surface area contributed by atoms with E-state index in [1.807, 2.05) is 0 Å². The topological polar surface area (TPSA) is 75.6 Å². The Hall–Kier alpha value is -2.53. The Kier molecular flexibility index (Phi) is 5.01. The van der Waals surface area contributed by atoms with E-state index in [1.165, 1.54) is 6.07 Å². The number of halogens is 1. The molecule has 0 saturated heterocycles. The first kappa shape index (κ1) is 15.9. The molecule has 2 aromatic carbocycles. The van der Waals surface area contributed by atoms with Gasteiger partial charge < -0.3 is 15.2 Å². The molecular weight excluding hydrogens is 306 g/mol. The Morgan fingerprint density at radius 1 is 1.18 bits per heavy atom. The fourth-order valence-corrected chi connectivity index (χ4v) is 2.14. The number of benzene rings is 2. The van der Waals surface area contributed by atoms with Crippen LogP contribution in [0, 0.1) is 6.92 Å². The molecule has 0 aliphatic heterocycles. The zero-order valence-electron chi connectivity index (χ0n) is 11.8. The largest absolute Gasteiger partial charge is 0.482 e. The maximum Gasteiger partial charge on any atom is 0.338 e. The van der Waals surface area contributed by atoms with Crippen LogP contribution >= 0.6 is 11.6 Å². The monoisotopic (exact) mass is 319 g/mol. The van der Waals surface area contributed by atoms with E-state index in [0.29, 0.717) is 16.3 Å². The third kappa shape index (κ3) is 3.77. The van der Waals surface area contributed by atoms with Gasteiger partial charge in [0.1, 0.15) is 5.75 Å². The summed E-state index contributed by atoms with van der Waals surface area (Å²) in [5.41, 5.74) is 0.867. The molecule has 0 aromatic heterocycles. The van der Waals surface area contributed by atoms with Gasteiger partial charge in [-0.05, 0) is 30.7 Å². The van der Waals surface area contributed by atoms with E-state index < -0.39 is 11.9 Å². The average Bonchev–Trinajstić information content (AvgIpc) is 2.46. The van der Waals surface area contributed by atoms with Gasteiger partial charge in [0, 0.05) is 0 Å². The van der Waals surface area contributed by atoms with Gasteiger partial charge in [0.15, 0.2) is 6.61 Å². The van der Waals surface area contributed by atoms with E-state index in [9.17, 15) is 14.7 Å². The van der Waals surface area contributed by atoms with Crippen molar-refractivity contribution in [3.63, 3.8) is 0 Å². The number of amides is 1. The quantitative estimate of drug-likeness (QED) is 0.886. The smallest absolute Gasteiger partial charge is 0.338 e. The van der Waals surface area contributed by atoms with Gasteiger partial charge in [0.05, 0.1) is 16.3 Å². The van der Waals surface area contributed by atoms with Crippen molar-refractivity contribution in [3.05, 3.63) is 58.6 Å². The van der Waals surface area contributed by atoms with Gasteiger partial charge in [0.2, 0.25) is 0 Å². The molecule has 1 amide bonds.